The van der Waals surface area contributed by atoms with Crippen LogP contribution in [0.15, 0.2) is 36.5 Å². The lowest BCUT2D eigenvalue weighted by molar-refractivity contribution is 0.452. The van der Waals surface area contributed by atoms with Crippen LogP contribution in [0.2, 0.25) is 0 Å². The van der Waals surface area contributed by atoms with Crippen molar-refractivity contribution in [3.05, 3.63) is 47.7 Å². The second-order valence-corrected chi connectivity index (χ2v) is 4.83. The van der Waals surface area contributed by atoms with Crippen LogP contribution in [-0.4, -0.2) is 4.98 Å². The Morgan fingerprint density at radius 3 is 2.74 bits per heavy atom. The number of benzene rings is 1. The summed E-state index contributed by atoms with van der Waals surface area (Å²) in [6, 6.07) is 9.96. The second-order valence-electron chi connectivity index (χ2n) is 4.83. The van der Waals surface area contributed by atoms with Crippen LogP contribution in [0.1, 0.15) is 37.3 Å². The molecule has 0 aliphatic heterocycles. The van der Waals surface area contributed by atoms with Gasteiger partial charge in [0.2, 0.25) is 5.88 Å². The molecule has 100 valence electrons. The molecule has 0 amide bonds. The molecular weight excluding hydrogens is 236 g/mol. The van der Waals surface area contributed by atoms with Crippen LogP contribution in [0.25, 0.3) is 0 Å². The molecule has 3 nitrogen and oxygen atoms in total. The molecule has 0 radical (unpaired) electrons. The minimum absolute atomic E-state index is 0.464. The van der Waals surface area contributed by atoms with Gasteiger partial charge in [-0.2, -0.15) is 0 Å². The summed E-state index contributed by atoms with van der Waals surface area (Å²) < 4.78 is 5.90. The third-order valence-corrected chi connectivity index (χ3v) is 3.40. The predicted molar refractivity (Wildman–Crippen MR) is 78.6 cm³/mol. The van der Waals surface area contributed by atoms with Crippen LogP contribution in [0.3, 0.4) is 0 Å². The third-order valence-electron chi connectivity index (χ3n) is 3.40. The highest BCUT2D eigenvalue weighted by molar-refractivity contribution is 5.46. The van der Waals surface area contributed by atoms with Crippen molar-refractivity contribution in [1.82, 2.24) is 4.98 Å². The maximum atomic E-state index is 5.90. The lowest BCUT2D eigenvalue weighted by Gasteiger charge is -2.15. The van der Waals surface area contributed by atoms with E-state index in [1.54, 1.807) is 6.20 Å². The van der Waals surface area contributed by atoms with Crippen LogP contribution in [-0.2, 0) is 0 Å². The van der Waals surface area contributed by atoms with E-state index in [1.807, 2.05) is 31.2 Å². The van der Waals surface area contributed by atoms with Gasteiger partial charge in [-0.1, -0.05) is 32.0 Å². The molecule has 1 atom stereocenters. The number of nitrogen functional groups attached to an aromatic ring is 1. The van der Waals surface area contributed by atoms with Crippen molar-refractivity contribution in [1.29, 1.82) is 0 Å². The maximum absolute atomic E-state index is 5.90. The Balaban J connectivity index is 2.30. The van der Waals surface area contributed by atoms with Gasteiger partial charge in [-0.3, -0.25) is 0 Å². The molecular formula is C16H20N2O. The summed E-state index contributed by atoms with van der Waals surface area (Å²) in [6.07, 6.45) is 2.71. The number of hydrogen-bond acceptors (Lipinski definition) is 3. The Hall–Kier alpha value is -2.03. The molecule has 0 spiro atoms. The summed E-state index contributed by atoms with van der Waals surface area (Å²) in [5.41, 5.74) is 8.63. The van der Waals surface area contributed by atoms with E-state index in [2.05, 4.69) is 24.9 Å². The first-order valence-electron chi connectivity index (χ1n) is 6.60. The maximum Gasteiger partial charge on any atom is 0.219 e. The number of hydrogen-bond donors (Lipinski definition) is 1. The Morgan fingerprint density at radius 2 is 2.05 bits per heavy atom. The number of anilines is 1. The quantitative estimate of drug-likeness (QED) is 0.888. The van der Waals surface area contributed by atoms with Gasteiger partial charge in [0.15, 0.2) is 0 Å². The lowest BCUT2D eigenvalue weighted by atomic mass is 9.98. The molecule has 19 heavy (non-hydrogen) atoms. The zero-order chi connectivity index (χ0) is 13.8. The highest BCUT2D eigenvalue weighted by atomic mass is 16.5. The number of aromatic nitrogens is 1. The van der Waals surface area contributed by atoms with Crippen molar-refractivity contribution in [2.45, 2.75) is 33.1 Å². The normalized spacial score (nSPS) is 12.2. The summed E-state index contributed by atoms with van der Waals surface area (Å²) in [4.78, 5) is 4.21. The van der Waals surface area contributed by atoms with E-state index in [0.29, 0.717) is 17.5 Å². The van der Waals surface area contributed by atoms with Crippen molar-refractivity contribution < 1.29 is 4.74 Å². The smallest absolute Gasteiger partial charge is 0.219 e. The van der Waals surface area contributed by atoms with Crippen molar-refractivity contribution in [3.8, 4) is 11.6 Å². The SMILES string of the molecule is CCC(C)c1ccccc1Oc1cc(C)c(N)cn1. The standard InChI is InChI=1S/C16H20N2O/c1-4-11(2)13-7-5-6-8-15(13)19-16-9-12(3)14(17)10-18-16/h5-11H,4,17H2,1-3H3. The summed E-state index contributed by atoms with van der Waals surface area (Å²) in [6.45, 7) is 6.32. The Bertz CT molecular complexity index is 566. The monoisotopic (exact) mass is 256 g/mol. The topological polar surface area (TPSA) is 48.1 Å². The number of nitrogens with two attached hydrogens (primary N) is 1. The van der Waals surface area contributed by atoms with Crippen molar-refractivity contribution >= 4 is 5.69 Å². The van der Waals surface area contributed by atoms with Gasteiger partial charge in [-0.25, -0.2) is 4.98 Å². The number of rotatable bonds is 4. The van der Waals surface area contributed by atoms with E-state index >= 15 is 0 Å². The van der Waals surface area contributed by atoms with Gasteiger partial charge in [0.05, 0.1) is 11.9 Å². The van der Waals surface area contributed by atoms with Crippen LogP contribution in [0, 0.1) is 6.92 Å². The fourth-order valence-electron chi connectivity index (χ4n) is 1.91. The van der Waals surface area contributed by atoms with Crippen molar-refractivity contribution in [3.63, 3.8) is 0 Å². The van der Waals surface area contributed by atoms with E-state index in [9.17, 15) is 0 Å². The zero-order valence-electron chi connectivity index (χ0n) is 11.7. The summed E-state index contributed by atoms with van der Waals surface area (Å²) in [5.74, 6) is 1.92. The van der Waals surface area contributed by atoms with E-state index in [-0.39, 0.29) is 0 Å². The summed E-state index contributed by atoms with van der Waals surface area (Å²) in [7, 11) is 0. The highest BCUT2D eigenvalue weighted by Crippen LogP contribution is 2.31. The fourth-order valence-corrected chi connectivity index (χ4v) is 1.91. The average Bonchev–Trinajstić information content (AvgIpc) is 2.43. The second kappa shape index (κ2) is 5.74. The minimum atomic E-state index is 0.464. The largest absolute Gasteiger partial charge is 0.439 e. The first-order chi connectivity index (χ1) is 9.11. The molecule has 3 heteroatoms. The molecule has 0 saturated carbocycles. The predicted octanol–water partition coefficient (Wildman–Crippen LogP) is 4.28. The average molecular weight is 256 g/mol. The molecule has 1 aromatic heterocycles. The van der Waals surface area contributed by atoms with E-state index < -0.39 is 0 Å². The molecule has 2 rings (SSSR count). The van der Waals surface area contributed by atoms with Crippen LogP contribution < -0.4 is 10.5 Å². The van der Waals surface area contributed by atoms with Gasteiger partial charge in [0, 0.05) is 6.07 Å². The Morgan fingerprint density at radius 1 is 1.32 bits per heavy atom. The van der Waals surface area contributed by atoms with E-state index in [1.165, 1.54) is 5.56 Å². The van der Waals surface area contributed by atoms with Gasteiger partial charge >= 0.3 is 0 Å². The summed E-state index contributed by atoms with van der Waals surface area (Å²) >= 11 is 0. The number of pyridine rings is 1. The van der Waals surface area contributed by atoms with Gasteiger partial charge in [-0.15, -0.1) is 0 Å². The molecule has 0 saturated heterocycles. The van der Waals surface area contributed by atoms with Crippen LogP contribution in [0.5, 0.6) is 11.6 Å². The highest BCUT2D eigenvalue weighted by Gasteiger charge is 2.11. The molecule has 2 N–H and O–H groups in total. The summed E-state index contributed by atoms with van der Waals surface area (Å²) in [5, 5.41) is 0. The molecule has 0 fully saturated rings. The number of aryl methyl sites for hydroxylation is 1. The van der Waals surface area contributed by atoms with E-state index in [0.717, 1.165) is 17.7 Å². The molecule has 1 heterocycles. The van der Waals surface area contributed by atoms with Crippen molar-refractivity contribution in [2.24, 2.45) is 0 Å². The van der Waals surface area contributed by atoms with Gasteiger partial charge in [0.1, 0.15) is 5.75 Å². The number of ether oxygens (including phenoxy) is 1. The molecule has 2 aromatic rings. The number of nitrogens with zero attached hydrogens (tertiary/aromatic N) is 1. The molecule has 1 aromatic carbocycles. The van der Waals surface area contributed by atoms with Gasteiger partial charge in [-0.05, 0) is 36.5 Å². The van der Waals surface area contributed by atoms with Crippen molar-refractivity contribution in [2.75, 3.05) is 5.73 Å². The lowest BCUT2D eigenvalue weighted by Crippen LogP contribution is -1.98. The van der Waals surface area contributed by atoms with Crippen LogP contribution in [0.4, 0.5) is 5.69 Å². The zero-order valence-corrected chi connectivity index (χ0v) is 11.7. The first kappa shape index (κ1) is 13.4. The molecule has 0 aliphatic carbocycles. The minimum Gasteiger partial charge on any atom is -0.439 e. The van der Waals surface area contributed by atoms with Gasteiger partial charge in [0.25, 0.3) is 0 Å². The molecule has 0 aliphatic rings. The van der Waals surface area contributed by atoms with E-state index in [4.69, 9.17) is 10.5 Å². The third kappa shape index (κ3) is 3.05. The van der Waals surface area contributed by atoms with Crippen LogP contribution >= 0.6 is 0 Å². The number of para-hydroxylation sites is 1. The Labute approximate surface area is 114 Å². The first-order valence-corrected chi connectivity index (χ1v) is 6.60. The fraction of sp³-hybridized carbons (Fsp3) is 0.312. The molecule has 1 unspecified atom stereocenters. The van der Waals surface area contributed by atoms with Gasteiger partial charge < -0.3 is 10.5 Å². The Kier molecular flexibility index (Phi) is 4.05. The molecule has 0 bridgehead atoms.